The van der Waals surface area contributed by atoms with Crippen molar-refractivity contribution in [3.05, 3.63) is 57.6 Å². The number of aryl methyl sites for hydroxylation is 1. The molecule has 2 aromatic carbocycles. The van der Waals surface area contributed by atoms with Gasteiger partial charge < -0.3 is 14.8 Å². The molecular formula is C17H18N2O5. The van der Waals surface area contributed by atoms with E-state index in [1.54, 1.807) is 38.3 Å². The van der Waals surface area contributed by atoms with Crippen LogP contribution in [0.2, 0.25) is 0 Å². The van der Waals surface area contributed by atoms with E-state index in [4.69, 9.17) is 9.47 Å². The number of carbonyl (C=O) groups is 1. The lowest BCUT2D eigenvalue weighted by Gasteiger charge is -2.11. The van der Waals surface area contributed by atoms with Gasteiger partial charge in [-0.25, -0.2) is 0 Å². The highest BCUT2D eigenvalue weighted by Gasteiger charge is 2.13. The molecule has 0 saturated carbocycles. The van der Waals surface area contributed by atoms with E-state index in [1.165, 1.54) is 19.2 Å². The predicted octanol–water partition coefficient (Wildman–Crippen LogP) is 3.10. The molecule has 0 aliphatic rings. The molecule has 1 amide bonds. The van der Waals surface area contributed by atoms with E-state index in [2.05, 4.69) is 5.32 Å². The summed E-state index contributed by atoms with van der Waals surface area (Å²) in [4.78, 5) is 22.6. The van der Waals surface area contributed by atoms with Crippen LogP contribution in [-0.2, 0) is 11.2 Å². The van der Waals surface area contributed by atoms with Gasteiger partial charge in [0.1, 0.15) is 11.5 Å². The number of nitrogens with zero attached hydrogens (tertiary/aromatic N) is 1. The van der Waals surface area contributed by atoms with E-state index in [0.717, 1.165) is 5.56 Å². The quantitative estimate of drug-likeness (QED) is 0.649. The molecule has 0 radical (unpaired) electrons. The van der Waals surface area contributed by atoms with Crippen molar-refractivity contribution in [2.45, 2.75) is 13.3 Å². The molecule has 2 aromatic rings. The predicted molar refractivity (Wildman–Crippen MR) is 89.7 cm³/mol. The summed E-state index contributed by atoms with van der Waals surface area (Å²) in [7, 11) is 3.08. The smallest absolute Gasteiger partial charge is 0.272 e. The van der Waals surface area contributed by atoms with Crippen molar-refractivity contribution < 1.29 is 19.2 Å². The van der Waals surface area contributed by atoms with Crippen molar-refractivity contribution in [2.24, 2.45) is 0 Å². The normalized spacial score (nSPS) is 10.1. The lowest BCUT2D eigenvalue weighted by atomic mass is 10.1. The van der Waals surface area contributed by atoms with Crippen LogP contribution in [-0.4, -0.2) is 25.1 Å². The largest absolute Gasteiger partial charge is 0.497 e. The van der Waals surface area contributed by atoms with Crippen LogP contribution in [0.25, 0.3) is 0 Å². The fourth-order valence-corrected chi connectivity index (χ4v) is 2.31. The van der Waals surface area contributed by atoms with Gasteiger partial charge in [-0.15, -0.1) is 0 Å². The molecule has 1 N–H and O–H groups in total. The zero-order valence-electron chi connectivity index (χ0n) is 13.7. The minimum Gasteiger partial charge on any atom is -0.497 e. The fourth-order valence-electron chi connectivity index (χ4n) is 2.31. The molecule has 0 aliphatic carbocycles. The molecular weight excluding hydrogens is 312 g/mol. The van der Waals surface area contributed by atoms with E-state index in [0.29, 0.717) is 22.7 Å². The van der Waals surface area contributed by atoms with Crippen molar-refractivity contribution in [3.8, 4) is 11.5 Å². The molecule has 0 unspecified atom stereocenters. The zero-order chi connectivity index (χ0) is 17.7. The molecule has 7 heteroatoms. The summed E-state index contributed by atoms with van der Waals surface area (Å²) in [6, 6.07) is 9.67. The first-order valence-electron chi connectivity index (χ1n) is 7.20. The Morgan fingerprint density at radius 3 is 2.50 bits per heavy atom. The van der Waals surface area contributed by atoms with Gasteiger partial charge in [-0.3, -0.25) is 14.9 Å². The third-order valence-corrected chi connectivity index (χ3v) is 3.52. The van der Waals surface area contributed by atoms with Crippen molar-refractivity contribution in [1.29, 1.82) is 0 Å². The van der Waals surface area contributed by atoms with Gasteiger partial charge in [0.15, 0.2) is 0 Å². The van der Waals surface area contributed by atoms with Crippen molar-refractivity contribution in [2.75, 3.05) is 19.5 Å². The number of methoxy groups -OCH3 is 2. The molecule has 0 spiro atoms. The average molecular weight is 330 g/mol. The van der Waals surface area contributed by atoms with E-state index >= 15 is 0 Å². The van der Waals surface area contributed by atoms with Gasteiger partial charge >= 0.3 is 0 Å². The minimum atomic E-state index is -0.455. The Morgan fingerprint density at radius 2 is 1.92 bits per heavy atom. The summed E-state index contributed by atoms with van der Waals surface area (Å²) < 4.78 is 10.4. The highest BCUT2D eigenvalue weighted by Crippen LogP contribution is 2.26. The molecule has 0 fully saturated rings. The number of anilines is 1. The second-order valence-electron chi connectivity index (χ2n) is 5.16. The Kier molecular flexibility index (Phi) is 5.36. The Labute approximate surface area is 139 Å². The van der Waals surface area contributed by atoms with Crippen LogP contribution in [0.1, 0.15) is 11.1 Å². The number of nitrogens with one attached hydrogen (secondary N) is 1. The summed E-state index contributed by atoms with van der Waals surface area (Å²) >= 11 is 0. The van der Waals surface area contributed by atoms with Gasteiger partial charge in [0.2, 0.25) is 5.91 Å². The number of rotatable bonds is 6. The molecule has 0 heterocycles. The maximum Gasteiger partial charge on any atom is 0.272 e. The number of carbonyl (C=O) groups excluding carboxylic acids is 1. The molecule has 0 saturated heterocycles. The molecule has 24 heavy (non-hydrogen) atoms. The highest BCUT2D eigenvalue weighted by molar-refractivity contribution is 5.92. The Balaban J connectivity index is 2.11. The molecule has 0 bridgehead atoms. The standard InChI is InChI=1S/C17H18N2O5/c1-11-8-13(5-7-15(11)19(21)22)18-17(20)9-12-4-6-14(23-2)10-16(12)24-3/h4-8,10H,9H2,1-3H3,(H,18,20). The summed E-state index contributed by atoms with van der Waals surface area (Å²) in [5, 5.41) is 13.5. The van der Waals surface area contributed by atoms with Gasteiger partial charge in [0.25, 0.3) is 5.69 Å². The van der Waals surface area contributed by atoms with Crippen LogP contribution in [0.5, 0.6) is 11.5 Å². The number of amides is 1. The molecule has 0 aromatic heterocycles. The summed E-state index contributed by atoms with van der Waals surface area (Å²) in [5.41, 5.74) is 1.73. The topological polar surface area (TPSA) is 90.7 Å². The molecule has 0 aliphatic heterocycles. The summed E-state index contributed by atoms with van der Waals surface area (Å²) in [6.07, 6.45) is 0.114. The number of nitro benzene ring substituents is 1. The lowest BCUT2D eigenvalue weighted by molar-refractivity contribution is -0.385. The first kappa shape index (κ1) is 17.3. The fraction of sp³-hybridized carbons (Fsp3) is 0.235. The van der Waals surface area contributed by atoms with E-state index in [9.17, 15) is 14.9 Å². The SMILES string of the molecule is COc1ccc(CC(=O)Nc2ccc([N+](=O)[O-])c(C)c2)c(OC)c1. The first-order chi connectivity index (χ1) is 11.4. The number of hydrogen-bond acceptors (Lipinski definition) is 5. The lowest BCUT2D eigenvalue weighted by Crippen LogP contribution is -2.15. The van der Waals surface area contributed by atoms with Crippen molar-refractivity contribution >= 4 is 17.3 Å². The monoisotopic (exact) mass is 330 g/mol. The second-order valence-corrected chi connectivity index (χ2v) is 5.16. The first-order valence-corrected chi connectivity index (χ1v) is 7.20. The van der Waals surface area contributed by atoms with Gasteiger partial charge in [-0.2, -0.15) is 0 Å². The Hall–Kier alpha value is -3.09. The molecule has 2 rings (SSSR count). The third-order valence-electron chi connectivity index (χ3n) is 3.52. The second kappa shape index (κ2) is 7.45. The summed E-state index contributed by atoms with van der Waals surface area (Å²) in [5.74, 6) is 0.957. The zero-order valence-corrected chi connectivity index (χ0v) is 13.7. The maximum absolute atomic E-state index is 12.2. The molecule has 0 atom stereocenters. The van der Waals surface area contributed by atoms with Crippen LogP contribution >= 0.6 is 0 Å². The van der Waals surface area contributed by atoms with Gasteiger partial charge in [0, 0.05) is 28.9 Å². The third kappa shape index (κ3) is 4.01. The molecule has 126 valence electrons. The van der Waals surface area contributed by atoms with Crippen molar-refractivity contribution in [1.82, 2.24) is 0 Å². The van der Waals surface area contributed by atoms with Crippen LogP contribution in [0.4, 0.5) is 11.4 Å². The number of hydrogen-bond donors (Lipinski definition) is 1. The van der Waals surface area contributed by atoms with Crippen LogP contribution in [0, 0.1) is 17.0 Å². The maximum atomic E-state index is 12.2. The summed E-state index contributed by atoms with van der Waals surface area (Å²) in [6.45, 7) is 1.63. The Bertz CT molecular complexity index is 774. The van der Waals surface area contributed by atoms with Crippen LogP contribution in [0.15, 0.2) is 36.4 Å². The molecule has 7 nitrogen and oxygen atoms in total. The van der Waals surface area contributed by atoms with Crippen LogP contribution in [0.3, 0.4) is 0 Å². The Morgan fingerprint density at radius 1 is 1.17 bits per heavy atom. The van der Waals surface area contributed by atoms with E-state index in [1.807, 2.05) is 0 Å². The number of benzene rings is 2. The minimum absolute atomic E-state index is 0.0184. The van der Waals surface area contributed by atoms with E-state index < -0.39 is 4.92 Å². The van der Waals surface area contributed by atoms with Gasteiger partial charge in [-0.05, 0) is 25.1 Å². The average Bonchev–Trinajstić information content (AvgIpc) is 2.54. The van der Waals surface area contributed by atoms with Crippen LogP contribution < -0.4 is 14.8 Å². The van der Waals surface area contributed by atoms with E-state index in [-0.39, 0.29) is 18.0 Å². The number of nitro groups is 1. The highest BCUT2D eigenvalue weighted by atomic mass is 16.6. The van der Waals surface area contributed by atoms with Gasteiger partial charge in [0.05, 0.1) is 25.6 Å². The van der Waals surface area contributed by atoms with Crippen molar-refractivity contribution in [3.63, 3.8) is 0 Å². The number of ether oxygens (including phenoxy) is 2. The van der Waals surface area contributed by atoms with Gasteiger partial charge in [-0.1, -0.05) is 6.07 Å².